The van der Waals surface area contributed by atoms with E-state index in [4.69, 9.17) is 4.74 Å². The number of aryl methyl sites for hydroxylation is 2. The second kappa shape index (κ2) is 4.08. The van der Waals surface area contributed by atoms with E-state index < -0.39 is 0 Å². The first-order valence-electron chi connectivity index (χ1n) is 4.35. The molecule has 0 aliphatic rings. The smallest absolute Gasteiger partial charge is 0.150 e. The lowest BCUT2D eigenvalue weighted by Crippen LogP contribution is -1.95. The standard InChI is InChI=1S/C11H14O2/c1-4-10-6-9(7-12)5-8(2)11(10)13-3/h5-7H,4H2,1-3H3. The number of benzene rings is 1. The van der Waals surface area contributed by atoms with Crippen LogP contribution in [0, 0.1) is 6.92 Å². The van der Waals surface area contributed by atoms with Crippen LogP contribution in [0.3, 0.4) is 0 Å². The van der Waals surface area contributed by atoms with Crippen molar-refractivity contribution in [2.24, 2.45) is 0 Å². The van der Waals surface area contributed by atoms with Gasteiger partial charge in [-0.3, -0.25) is 4.79 Å². The molecule has 0 unspecified atom stereocenters. The highest BCUT2D eigenvalue weighted by Crippen LogP contribution is 2.24. The molecule has 0 bridgehead atoms. The molecule has 0 saturated heterocycles. The zero-order valence-corrected chi connectivity index (χ0v) is 8.26. The van der Waals surface area contributed by atoms with Gasteiger partial charge in [-0.15, -0.1) is 0 Å². The predicted molar refractivity (Wildman–Crippen MR) is 52.5 cm³/mol. The SMILES string of the molecule is CCc1cc(C=O)cc(C)c1OC. The van der Waals surface area contributed by atoms with Crippen molar-refractivity contribution >= 4 is 6.29 Å². The van der Waals surface area contributed by atoms with E-state index in [-0.39, 0.29) is 0 Å². The van der Waals surface area contributed by atoms with E-state index >= 15 is 0 Å². The van der Waals surface area contributed by atoms with Crippen LogP contribution in [-0.4, -0.2) is 13.4 Å². The molecule has 0 amide bonds. The molecule has 0 aliphatic carbocycles. The molecule has 70 valence electrons. The lowest BCUT2D eigenvalue weighted by Gasteiger charge is -2.10. The number of ether oxygens (including phenoxy) is 1. The van der Waals surface area contributed by atoms with Crippen LogP contribution >= 0.6 is 0 Å². The molecule has 2 heteroatoms. The maximum Gasteiger partial charge on any atom is 0.150 e. The van der Waals surface area contributed by atoms with Crippen molar-refractivity contribution in [3.8, 4) is 5.75 Å². The van der Waals surface area contributed by atoms with Crippen LogP contribution in [0.4, 0.5) is 0 Å². The molecule has 0 N–H and O–H groups in total. The molecule has 0 spiro atoms. The molecular weight excluding hydrogens is 164 g/mol. The molecule has 1 rings (SSSR count). The summed E-state index contributed by atoms with van der Waals surface area (Å²) < 4.78 is 5.25. The second-order valence-electron chi connectivity index (χ2n) is 3.00. The van der Waals surface area contributed by atoms with Gasteiger partial charge in [0, 0.05) is 5.56 Å². The van der Waals surface area contributed by atoms with Gasteiger partial charge in [0.05, 0.1) is 7.11 Å². The van der Waals surface area contributed by atoms with Crippen LogP contribution in [0.15, 0.2) is 12.1 Å². The first kappa shape index (κ1) is 9.78. The number of carbonyl (C=O) groups is 1. The number of aldehydes is 1. The molecule has 1 aromatic rings. The number of carbonyl (C=O) groups excluding carboxylic acids is 1. The van der Waals surface area contributed by atoms with Gasteiger partial charge in [-0.1, -0.05) is 6.92 Å². The van der Waals surface area contributed by atoms with Gasteiger partial charge in [-0.2, -0.15) is 0 Å². The highest BCUT2D eigenvalue weighted by molar-refractivity contribution is 5.76. The first-order chi connectivity index (χ1) is 6.22. The van der Waals surface area contributed by atoms with E-state index in [1.54, 1.807) is 7.11 Å². The first-order valence-corrected chi connectivity index (χ1v) is 4.35. The average Bonchev–Trinajstić information content (AvgIpc) is 2.16. The van der Waals surface area contributed by atoms with Gasteiger partial charge in [0.2, 0.25) is 0 Å². The van der Waals surface area contributed by atoms with Gasteiger partial charge < -0.3 is 4.74 Å². The summed E-state index contributed by atoms with van der Waals surface area (Å²) in [5, 5.41) is 0. The minimum absolute atomic E-state index is 0.718. The molecule has 0 aromatic heterocycles. The topological polar surface area (TPSA) is 26.3 Å². The van der Waals surface area contributed by atoms with Gasteiger partial charge in [0.1, 0.15) is 12.0 Å². The fraction of sp³-hybridized carbons (Fsp3) is 0.364. The van der Waals surface area contributed by atoms with Gasteiger partial charge in [-0.25, -0.2) is 0 Å². The van der Waals surface area contributed by atoms with Crippen LogP contribution in [0.1, 0.15) is 28.4 Å². The third-order valence-electron chi connectivity index (χ3n) is 2.09. The Kier molecular flexibility index (Phi) is 3.07. The monoisotopic (exact) mass is 178 g/mol. The van der Waals surface area contributed by atoms with Crippen molar-refractivity contribution < 1.29 is 9.53 Å². The molecule has 2 nitrogen and oxygen atoms in total. The second-order valence-corrected chi connectivity index (χ2v) is 3.00. The molecule has 0 fully saturated rings. The van der Waals surface area contributed by atoms with E-state index in [2.05, 4.69) is 0 Å². The van der Waals surface area contributed by atoms with Crippen LogP contribution in [0.5, 0.6) is 5.75 Å². The van der Waals surface area contributed by atoms with Crippen LogP contribution < -0.4 is 4.74 Å². The number of rotatable bonds is 3. The van der Waals surface area contributed by atoms with E-state index in [0.29, 0.717) is 0 Å². The molecular formula is C11H14O2. The fourth-order valence-electron chi connectivity index (χ4n) is 1.50. The Bertz CT molecular complexity index is 316. The molecule has 0 aliphatic heterocycles. The van der Waals surface area contributed by atoms with E-state index in [1.807, 2.05) is 26.0 Å². The highest BCUT2D eigenvalue weighted by atomic mass is 16.5. The molecule has 0 heterocycles. The maximum atomic E-state index is 10.6. The fourth-order valence-corrected chi connectivity index (χ4v) is 1.50. The number of methoxy groups -OCH3 is 1. The van der Waals surface area contributed by atoms with Crippen LogP contribution in [-0.2, 0) is 6.42 Å². The van der Waals surface area contributed by atoms with E-state index in [1.165, 1.54) is 0 Å². The van der Waals surface area contributed by atoms with Crippen molar-refractivity contribution in [3.63, 3.8) is 0 Å². The van der Waals surface area contributed by atoms with Crippen molar-refractivity contribution in [2.45, 2.75) is 20.3 Å². The molecule has 0 saturated carbocycles. The Morgan fingerprint density at radius 3 is 2.62 bits per heavy atom. The lowest BCUT2D eigenvalue weighted by molar-refractivity contribution is 0.112. The predicted octanol–water partition coefficient (Wildman–Crippen LogP) is 2.38. The minimum Gasteiger partial charge on any atom is -0.496 e. The lowest BCUT2D eigenvalue weighted by atomic mass is 10.0. The summed E-state index contributed by atoms with van der Waals surface area (Å²) in [7, 11) is 1.65. The summed E-state index contributed by atoms with van der Waals surface area (Å²) >= 11 is 0. The Morgan fingerprint density at radius 1 is 1.46 bits per heavy atom. The third kappa shape index (κ3) is 1.89. The average molecular weight is 178 g/mol. The largest absolute Gasteiger partial charge is 0.496 e. The van der Waals surface area contributed by atoms with E-state index in [0.717, 1.165) is 35.1 Å². The van der Waals surface area contributed by atoms with Crippen LogP contribution in [0.25, 0.3) is 0 Å². The van der Waals surface area contributed by atoms with Crippen molar-refractivity contribution in [2.75, 3.05) is 7.11 Å². The van der Waals surface area contributed by atoms with Gasteiger partial charge in [0.25, 0.3) is 0 Å². The molecule has 13 heavy (non-hydrogen) atoms. The van der Waals surface area contributed by atoms with Gasteiger partial charge >= 0.3 is 0 Å². The minimum atomic E-state index is 0.718. The molecule has 1 aromatic carbocycles. The quantitative estimate of drug-likeness (QED) is 0.664. The normalized spacial score (nSPS) is 9.77. The Balaban J connectivity index is 3.28. The van der Waals surface area contributed by atoms with Crippen LogP contribution in [0.2, 0.25) is 0 Å². The van der Waals surface area contributed by atoms with Crippen molar-refractivity contribution in [1.82, 2.24) is 0 Å². The zero-order chi connectivity index (χ0) is 9.84. The Morgan fingerprint density at radius 2 is 2.15 bits per heavy atom. The molecule has 0 radical (unpaired) electrons. The summed E-state index contributed by atoms with van der Waals surface area (Å²) in [4.78, 5) is 10.6. The third-order valence-corrected chi connectivity index (χ3v) is 2.09. The highest BCUT2D eigenvalue weighted by Gasteiger charge is 2.06. The number of hydrogen-bond donors (Lipinski definition) is 0. The number of hydrogen-bond acceptors (Lipinski definition) is 2. The van der Waals surface area contributed by atoms with Gasteiger partial charge in [-0.05, 0) is 36.6 Å². The van der Waals surface area contributed by atoms with Crippen molar-refractivity contribution in [1.29, 1.82) is 0 Å². The van der Waals surface area contributed by atoms with Crippen molar-refractivity contribution in [3.05, 3.63) is 28.8 Å². The summed E-state index contributed by atoms with van der Waals surface area (Å²) in [6.45, 7) is 4.00. The maximum absolute atomic E-state index is 10.6. The summed E-state index contributed by atoms with van der Waals surface area (Å²) in [5.41, 5.74) is 2.82. The van der Waals surface area contributed by atoms with E-state index in [9.17, 15) is 4.79 Å². The summed E-state index contributed by atoms with van der Waals surface area (Å²) in [6, 6.07) is 3.71. The van der Waals surface area contributed by atoms with Gasteiger partial charge in [0.15, 0.2) is 0 Å². The summed E-state index contributed by atoms with van der Waals surface area (Å²) in [6.07, 6.45) is 1.75. The Hall–Kier alpha value is -1.31. The zero-order valence-electron chi connectivity index (χ0n) is 8.26. The summed E-state index contributed by atoms with van der Waals surface area (Å²) in [5.74, 6) is 0.896. The molecule has 0 atom stereocenters. The Labute approximate surface area is 78.5 Å².